The van der Waals surface area contributed by atoms with Crippen molar-refractivity contribution in [2.75, 3.05) is 59.7 Å². The van der Waals surface area contributed by atoms with Gasteiger partial charge in [-0.25, -0.2) is 4.99 Å². The Morgan fingerprint density at radius 2 is 2.07 bits per heavy atom. The first-order valence-corrected chi connectivity index (χ1v) is 10.7. The van der Waals surface area contributed by atoms with Gasteiger partial charge < -0.3 is 24.8 Å². The van der Waals surface area contributed by atoms with E-state index in [1.807, 2.05) is 0 Å². The van der Waals surface area contributed by atoms with Crippen LogP contribution in [-0.2, 0) is 27.3 Å². The van der Waals surface area contributed by atoms with Gasteiger partial charge in [0.15, 0.2) is 5.96 Å². The lowest BCUT2D eigenvalue weighted by molar-refractivity contribution is -0.0212. The number of hydrogen-bond donors (Lipinski definition) is 2. The number of nitrogens with one attached hydrogen (secondary N) is 2. The number of benzene rings is 1. The molecular weight excluding hydrogens is 495 g/mol. The van der Waals surface area contributed by atoms with E-state index in [4.69, 9.17) is 19.2 Å². The third-order valence-electron chi connectivity index (χ3n) is 4.68. The van der Waals surface area contributed by atoms with Crippen LogP contribution in [0.1, 0.15) is 31.4 Å². The number of ether oxygens (including phenoxy) is 3. The minimum atomic E-state index is 0. The SMILES string of the molecule is CCNC(=NCc1cccc(CN2CCOC(C)C2)c1)NCCCOCCOC.I. The van der Waals surface area contributed by atoms with Crippen molar-refractivity contribution in [3.8, 4) is 0 Å². The predicted molar refractivity (Wildman–Crippen MR) is 133 cm³/mol. The Morgan fingerprint density at radius 1 is 1.23 bits per heavy atom. The predicted octanol–water partition coefficient (Wildman–Crippen LogP) is 2.63. The molecule has 0 saturated carbocycles. The summed E-state index contributed by atoms with van der Waals surface area (Å²) in [6.45, 7) is 12.3. The van der Waals surface area contributed by atoms with E-state index in [0.717, 1.165) is 58.3 Å². The summed E-state index contributed by atoms with van der Waals surface area (Å²) in [5, 5.41) is 6.68. The van der Waals surface area contributed by atoms with Gasteiger partial charge >= 0.3 is 0 Å². The zero-order chi connectivity index (χ0) is 20.7. The fourth-order valence-corrected chi connectivity index (χ4v) is 3.26. The lowest BCUT2D eigenvalue weighted by Gasteiger charge is -2.31. The maximum Gasteiger partial charge on any atom is 0.191 e. The summed E-state index contributed by atoms with van der Waals surface area (Å²) in [6, 6.07) is 8.72. The largest absolute Gasteiger partial charge is 0.382 e. The van der Waals surface area contributed by atoms with E-state index in [-0.39, 0.29) is 24.0 Å². The van der Waals surface area contributed by atoms with Crippen molar-refractivity contribution in [3.63, 3.8) is 0 Å². The highest BCUT2D eigenvalue weighted by molar-refractivity contribution is 14.0. The first-order chi connectivity index (χ1) is 14.2. The molecule has 1 fully saturated rings. The molecule has 1 aromatic carbocycles. The normalized spacial score (nSPS) is 17.4. The second-order valence-corrected chi connectivity index (χ2v) is 7.32. The summed E-state index contributed by atoms with van der Waals surface area (Å²) in [5.74, 6) is 0.844. The van der Waals surface area contributed by atoms with Crippen molar-refractivity contribution in [2.45, 2.75) is 39.5 Å². The first kappa shape index (κ1) is 27.1. The van der Waals surface area contributed by atoms with E-state index in [0.29, 0.717) is 25.9 Å². The van der Waals surface area contributed by atoms with Gasteiger partial charge in [-0.05, 0) is 31.4 Å². The molecule has 0 aromatic heterocycles. The third kappa shape index (κ3) is 11.5. The molecule has 0 aliphatic carbocycles. The zero-order valence-electron chi connectivity index (χ0n) is 18.7. The van der Waals surface area contributed by atoms with Gasteiger partial charge in [-0.15, -0.1) is 24.0 Å². The van der Waals surface area contributed by atoms with Gasteiger partial charge in [0, 0.05) is 46.4 Å². The van der Waals surface area contributed by atoms with Crippen molar-refractivity contribution in [1.82, 2.24) is 15.5 Å². The molecule has 1 unspecified atom stereocenters. The molecule has 1 aliphatic heterocycles. The zero-order valence-corrected chi connectivity index (χ0v) is 21.0. The molecule has 1 heterocycles. The average molecular weight is 534 g/mol. The van der Waals surface area contributed by atoms with E-state index in [2.05, 4.69) is 53.6 Å². The molecule has 0 radical (unpaired) electrons. The number of morpholine rings is 1. The van der Waals surface area contributed by atoms with E-state index < -0.39 is 0 Å². The van der Waals surface area contributed by atoms with Gasteiger partial charge in [0.25, 0.3) is 0 Å². The quantitative estimate of drug-likeness (QED) is 0.186. The van der Waals surface area contributed by atoms with Gasteiger partial charge in [0.1, 0.15) is 0 Å². The number of methoxy groups -OCH3 is 1. The monoisotopic (exact) mass is 534 g/mol. The maximum absolute atomic E-state index is 5.64. The van der Waals surface area contributed by atoms with Gasteiger partial charge in [-0.3, -0.25) is 4.90 Å². The van der Waals surface area contributed by atoms with Gasteiger partial charge in [0.2, 0.25) is 0 Å². The summed E-state index contributed by atoms with van der Waals surface area (Å²) in [7, 11) is 1.68. The van der Waals surface area contributed by atoms with Crippen molar-refractivity contribution in [2.24, 2.45) is 4.99 Å². The number of aliphatic imine (C=N–C) groups is 1. The molecule has 172 valence electrons. The summed E-state index contributed by atoms with van der Waals surface area (Å²) >= 11 is 0. The summed E-state index contributed by atoms with van der Waals surface area (Å²) < 4.78 is 16.1. The molecule has 0 spiro atoms. The Bertz CT molecular complexity index is 604. The molecule has 1 saturated heterocycles. The molecular formula is C22H39IN4O3. The lowest BCUT2D eigenvalue weighted by atomic mass is 10.1. The van der Waals surface area contributed by atoms with Gasteiger partial charge in [0.05, 0.1) is 32.5 Å². The highest BCUT2D eigenvalue weighted by Gasteiger charge is 2.16. The van der Waals surface area contributed by atoms with Crippen LogP contribution >= 0.6 is 24.0 Å². The molecule has 2 N–H and O–H groups in total. The van der Waals surface area contributed by atoms with Gasteiger partial charge in [-0.1, -0.05) is 24.3 Å². The average Bonchev–Trinajstić information content (AvgIpc) is 2.71. The van der Waals surface area contributed by atoms with Crippen molar-refractivity contribution >= 4 is 29.9 Å². The number of rotatable bonds is 12. The minimum Gasteiger partial charge on any atom is -0.382 e. The Hall–Kier alpha value is -0.940. The summed E-state index contributed by atoms with van der Waals surface area (Å²) in [4.78, 5) is 7.19. The van der Waals surface area contributed by atoms with Crippen LogP contribution in [0.25, 0.3) is 0 Å². The standard InChI is InChI=1S/C22H38N4O3.HI/c1-4-23-22(24-9-6-11-28-14-13-27-3)25-16-20-7-5-8-21(15-20)18-26-10-12-29-19(2)17-26;/h5,7-8,15,19H,4,6,9-14,16-18H2,1-3H3,(H2,23,24,25);1H. The van der Waals surface area contributed by atoms with Crippen LogP contribution in [0.4, 0.5) is 0 Å². The molecule has 8 heteroatoms. The van der Waals surface area contributed by atoms with Crippen LogP contribution in [0.15, 0.2) is 29.3 Å². The molecule has 30 heavy (non-hydrogen) atoms. The Kier molecular flexibility index (Phi) is 15.1. The number of nitrogens with zero attached hydrogens (tertiary/aromatic N) is 2. The topological polar surface area (TPSA) is 67.4 Å². The smallest absolute Gasteiger partial charge is 0.191 e. The van der Waals surface area contributed by atoms with Crippen LogP contribution in [0, 0.1) is 0 Å². The Labute approximate surface area is 199 Å². The Balaban J connectivity index is 0.00000450. The lowest BCUT2D eigenvalue weighted by Crippen LogP contribution is -2.40. The summed E-state index contributed by atoms with van der Waals surface area (Å²) in [6.07, 6.45) is 1.25. The highest BCUT2D eigenvalue weighted by atomic mass is 127. The fraction of sp³-hybridized carbons (Fsp3) is 0.682. The van der Waals surface area contributed by atoms with Crippen LogP contribution in [-0.4, -0.2) is 76.7 Å². The van der Waals surface area contributed by atoms with Crippen molar-refractivity contribution in [3.05, 3.63) is 35.4 Å². The highest BCUT2D eigenvalue weighted by Crippen LogP contribution is 2.12. The molecule has 0 amide bonds. The van der Waals surface area contributed by atoms with Crippen LogP contribution in [0.2, 0.25) is 0 Å². The molecule has 1 atom stereocenters. The molecule has 1 aliphatic rings. The van der Waals surface area contributed by atoms with Crippen LogP contribution < -0.4 is 10.6 Å². The molecule has 1 aromatic rings. The van der Waals surface area contributed by atoms with E-state index in [1.165, 1.54) is 11.1 Å². The van der Waals surface area contributed by atoms with Crippen molar-refractivity contribution < 1.29 is 14.2 Å². The first-order valence-electron chi connectivity index (χ1n) is 10.7. The molecule has 0 bridgehead atoms. The van der Waals surface area contributed by atoms with E-state index >= 15 is 0 Å². The number of hydrogen-bond acceptors (Lipinski definition) is 5. The number of halogens is 1. The van der Waals surface area contributed by atoms with Crippen LogP contribution in [0.3, 0.4) is 0 Å². The molecule has 7 nitrogen and oxygen atoms in total. The van der Waals surface area contributed by atoms with E-state index in [9.17, 15) is 0 Å². The summed E-state index contributed by atoms with van der Waals surface area (Å²) in [5.41, 5.74) is 2.56. The van der Waals surface area contributed by atoms with Gasteiger partial charge in [-0.2, -0.15) is 0 Å². The van der Waals surface area contributed by atoms with Crippen molar-refractivity contribution in [1.29, 1.82) is 0 Å². The second kappa shape index (κ2) is 16.7. The third-order valence-corrected chi connectivity index (χ3v) is 4.68. The molecule has 2 rings (SSSR count). The fourth-order valence-electron chi connectivity index (χ4n) is 3.26. The number of guanidine groups is 1. The van der Waals surface area contributed by atoms with Crippen LogP contribution in [0.5, 0.6) is 0 Å². The maximum atomic E-state index is 5.64. The van der Waals surface area contributed by atoms with E-state index in [1.54, 1.807) is 7.11 Å². The minimum absolute atomic E-state index is 0. The second-order valence-electron chi connectivity index (χ2n) is 7.32. The Morgan fingerprint density at radius 3 is 2.83 bits per heavy atom.